The third kappa shape index (κ3) is 5.31. The largest absolute Gasteiger partial charge is 0.416 e. The van der Waals surface area contributed by atoms with Gasteiger partial charge in [0.25, 0.3) is 5.91 Å². The highest BCUT2D eigenvalue weighted by molar-refractivity contribution is 7.90. The fraction of sp³-hybridized carbons (Fsp3) is 0.240. The van der Waals surface area contributed by atoms with E-state index in [2.05, 4.69) is 0 Å². The van der Waals surface area contributed by atoms with Gasteiger partial charge in [-0.15, -0.1) is 0 Å². The number of rotatable bonds is 6. The minimum atomic E-state index is -4.54. The van der Waals surface area contributed by atoms with Crippen molar-refractivity contribution >= 4 is 15.7 Å². The number of carbonyl (C=O) groups is 1. The molecule has 5 nitrogen and oxygen atoms in total. The number of aliphatic hydroxyl groups is 1. The van der Waals surface area contributed by atoms with Gasteiger partial charge in [-0.25, -0.2) is 8.42 Å². The Hall–Kier alpha value is -3.17. The van der Waals surface area contributed by atoms with Gasteiger partial charge >= 0.3 is 6.18 Å². The zero-order chi connectivity index (χ0) is 24.6. The van der Waals surface area contributed by atoms with E-state index >= 15 is 0 Å². The third-order valence-electron chi connectivity index (χ3n) is 5.73. The smallest absolute Gasteiger partial charge is 0.386 e. The SMILES string of the molecule is O=C(c1ccc(CS(=O)(=O)c2ccc(C(F)(F)F)cc2)cc1)N1CC(O)(Cc2ccccc2)C1. The van der Waals surface area contributed by atoms with Gasteiger partial charge in [-0.3, -0.25) is 4.79 Å². The molecule has 1 amide bonds. The standard InChI is InChI=1S/C25H22F3NO4S/c26-25(27,28)21-10-12-22(13-11-21)34(32,33)15-19-6-8-20(9-7-19)23(30)29-16-24(31,17-29)14-18-4-2-1-3-5-18/h1-13,31H,14-17H2. The number of halogens is 3. The summed E-state index contributed by atoms with van der Waals surface area (Å²) < 4.78 is 63.3. The number of likely N-dealkylation sites (tertiary alicyclic amines) is 1. The molecule has 0 atom stereocenters. The molecule has 3 aromatic carbocycles. The van der Waals surface area contributed by atoms with Crippen molar-refractivity contribution in [3.63, 3.8) is 0 Å². The summed E-state index contributed by atoms with van der Waals surface area (Å²) in [5.41, 5.74) is -0.156. The second-order valence-electron chi connectivity index (χ2n) is 8.53. The predicted molar refractivity (Wildman–Crippen MR) is 120 cm³/mol. The van der Waals surface area contributed by atoms with Crippen LogP contribution >= 0.6 is 0 Å². The zero-order valence-electron chi connectivity index (χ0n) is 18.0. The number of β-amino-alcohol motifs (C(OH)–C–C–N with tert-alkyl or cyclic N) is 1. The van der Waals surface area contributed by atoms with Crippen LogP contribution in [0.2, 0.25) is 0 Å². The van der Waals surface area contributed by atoms with E-state index in [1.54, 1.807) is 0 Å². The Morgan fingerprint density at radius 3 is 2.03 bits per heavy atom. The van der Waals surface area contributed by atoms with E-state index in [0.717, 1.165) is 29.8 Å². The summed E-state index contributed by atoms with van der Waals surface area (Å²) >= 11 is 0. The maximum atomic E-state index is 12.7. The van der Waals surface area contributed by atoms with Crippen molar-refractivity contribution < 1.29 is 31.5 Å². The highest BCUT2D eigenvalue weighted by atomic mass is 32.2. The quantitative estimate of drug-likeness (QED) is 0.566. The van der Waals surface area contributed by atoms with Gasteiger partial charge in [0.05, 0.1) is 29.3 Å². The minimum absolute atomic E-state index is 0.199. The fourth-order valence-corrected chi connectivity index (χ4v) is 5.32. The fourth-order valence-electron chi connectivity index (χ4n) is 3.98. The lowest BCUT2D eigenvalue weighted by atomic mass is 9.86. The van der Waals surface area contributed by atoms with Crippen molar-refractivity contribution in [1.29, 1.82) is 0 Å². The van der Waals surface area contributed by atoms with E-state index in [0.29, 0.717) is 17.5 Å². The number of hydrogen-bond donors (Lipinski definition) is 1. The second kappa shape index (κ2) is 8.88. The van der Waals surface area contributed by atoms with Crippen LogP contribution in [0.15, 0.2) is 83.8 Å². The predicted octanol–water partition coefficient (Wildman–Crippen LogP) is 4.11. The van der Waals surface area contributed by atoms with Crippen molar-refractivity contribution in [1.82, 2.24) is 4.90 Å². The third-order valence-corrected chi connectivity index (χ3v) is 7.44. The van der Waals surface area contributed by atoms with Crippen LogP contribution < -0.4 is 0 Å². The van der Waals surface area contributed by atoms with Gasteiger partial charge in [-0.2, -0.15) is 13.2 Å². The molecular weight excluding hydrogens is 467 g/mol. The lowest BCUT2D eigenvalue weighted by Crippen LogP contribution is -2.64. The van der Waals surface area contributed by atoms with E-state index in [1.165, 1.54) is 29.2 Å². The normalized spacial score (nSPS) is 15.6. The first-order valence-corrected chi connectivity index (χ1v) is 12.2. The highest BCUT2D eigenvalue weighted by Crippen LogP contribution is 2.30. The van der Waals surface area contributed by atoms with Gasteiger partial charge in [0.15, 0.2) is 9.84 Å². The van der Waals surface area contributed by atoms with E-state index in [4.69, 9.17) is 0 Å². The van der Waals surface area contributed by atoms with E-state index < -0.39 is 32.9 Å². The Morgan fingerprint density at radius 2 is 1.47 bits per heavy atom. The molecule has 34 heavy (non-hydrogen) atoms. The molecule has 0 aromatic heterocycles. The summed E-state index contributed by atoms with van der Waals surface area (Å²) in [7, 11) is -3.86. The molecule has 0 radical (unpaired) electrons. The summed E-state index contributed by atoms with van der Waals surface area (Å²) in [5.74, 6) is -0.678. The molecule has 0 aliphatic carbocycles. The number of hydrogen-bond acceptors (Lipinski definition) is 4. The van der Waals surface area contributed by atoms with Crippen molar-refractivity contribution in [2.45, 2.75) is 28.8 Å². The molecule has 0 spiro atoms. The molecule has 9 heteroatoms. The van der Waals surface area contributed by atoms with Crippen molar-refractivity contribution in [2.24, 2.45) is 0 Å². The van der Waals surface area contributed by atoms with E-state index in [9.17, 15) is 31.5 Å². The minimum Gasteiger partial charge on any atom is -0.386 e. The summed E-state index contributed by atoms with van der Waals surface area (Å²) in [6.45, 7) is 0.398. The monoisotopic (exact) mass is 489 g/mol. The van der Waals surface area contributed by atoms with Crippen LogP contribution in [-0.4, -0.2) is 43.0 Å². The number of benzene rings is 3. The van der Waals surface area contributed by atoms with Gasteiger partial charge in [-0.1, -0.05) is 42.5 Å². The van der Waals surface area contributed by atoms with Crippen LogP contribution in [0.4, 0.5) is 13.2 Å². The molecule has 178 valence electrons. The lowest BCUT2D eigenvalue weighted by molar-refractivity contribution is -0.137. The van der Waals surface area contributed by atoms with Crippen molar-refractivity contribution in [2.75, 3.05) is 13.1 Å². The zero-order valence-corrected chi connectivity index (χ0v) is 18.8. The van der Waals surface area contributed by atoms with Gasteiger partial charge in [0.1, 0.15) is 5.60 Å². The molecule has 0 unspecified atom stereocenters. The van der Waals surface area contributed by atoms with Crippen molar-refractivity contribution in [3.8, 4) is 0 Å². The molecule has 0 saturated carbocycles. The topological polar surface area (TPSA) is 74.7 Å². The summed E-state index contributed by atoms with van der Waals surface area (Å²) in [4.78, 5) is 14.0. The van der Waals surface area contributed by atoms with Crippen LogP contribution in [0.1, 0.15) is 27.0 Å². The Labute approximate surface area is 195 Å². The number of nitrogens with zero attached hydrogens (tertiary/aromatic N) is 1. The Balaban J connectivity index is 1.37. The summed E-state index contributed by atoms with van der Waals surface area (Å²) in [5, 5.41) is 10.6. The molecule has 1 aliphatic heterocycles. The maximum Gasteiger partial charge on any atom is 0.416 e. The molecule has 0 bridgehead atoms. The molecule has 1 heterocycles. The van der Waals surface area contributed by atoms with Gasteiger partial charge in [0, 0.05) is 12.0 Å². The van der Waals surface area contributed by atoms with E-state index in [1.807, 2.05) is 30.3 Å². The molecular formula is C25H22F3NO4S. The van der Waals surface area contributed by atoms with E-state index in [-0.39, 0.29) is 23.9 Å². The number of sulfone groups is 1. The van der Waals surface area contributed by atoms with Crippen LogP contribution in [0.3, 0.4) is 0 Å². The summed E-state index contributed by atoms with van der Waals surface area (Å²) in [6.07, 6.45) is -4.10. The van der Waals surface area contributed by atoms with Gasteiger partial charge < -0.3 is 10.0 Å². The second-order valence-corrected chi connectivity index (χ2v) is 10.5. The maximum absolute atomic E-state index is 12.7. The molecule has 1 aliphatic rings. The van der Waals surface area contributed by atoms with Crippen LogP contribution in [0.5, 0.6) is 0 Å². The van der Waals surface area contributed by atoms with Crippen LogP contribution in [0.25, 0.3) is 0 Å². The molecule has 1 N–H and O–H groups in total. The van der Waals surface area contributed by atoms with Crippen LogP contribution in [-0.2, 0) is 28.2 Å². The van der Waals surface area contributed by atoms with Crippen molar-refractivity contribution in [3.05, 3.63) is 101 Å². The summed E-state index contributed by atoms with van der Waals surface area (Å²) in [6, 6.07) is 18.9. The Bertz CT molecular complexity index is 1270. The van der Waals surface area contributed by atoms with Gasteiger partial charge in [0.2, 0.25) is 0 Å². The molecule has 1 saturated heterocycles. The first-order valence-electron chi connectivity index (χ1n) is 10.5. The highest BCUT2D eigenvalue weighted by Gasteiger charge is 2.43. The first-order chi connectivity index (χ1) is 16.0. The number of carbonyl (C=O) groups excluding carboxylic acids is 1. The lowest BCUT2D eigenvalue weighted by Gasteiger charge is -2.46. The Kier molecular flexibility index (Phi) is 6.26. The molecule has 4 rings (SSSR count). The molecule has 1 fully saturated rings. The van der Waals surface area contributed by atoms with Crippen LogP contribution in [0, 0.1) is 0 Å². The van der Waals surface area contributed by atoms with Gasteiger partial charge in [-0.05, 0) is 47.5 Å². The Morgan fingerprint density at radius 1 is 0.882 bits per heavy atom. The molecule has 3 aromatic rings. The number of alkyl halides is 3. The average molecular weight is 490 g/mol. The average Bonchev–Trinajstić information content (AvgIpc) is 2.77. The first kappa shape index (κ1) is 24.0. The number of amides is 1.